The fraction of sp³-hybridized carbons (Fsp3) is 0.316. The van der Waals surface area contributed by atoms with Gasteiger partial charge in [-0.2, -0.15) is 10.2 Å². The molecular weight excluding hydrogens is 394 g/mol. The predicted molar refractivity (Wildman–Crippen MR) is 104 cm³/mol. The molecule has 3 aromatic rings. The van der Waals surface area contributed by atoms with Crippen molar-refractivity contribution in [3.63, 3.8) is 0 Å². The second-order valence-corrected chi connectivity index (χ2v) is 7.24. The quantitative estimate of drug-likeness (QED) is 0.641. The van der Waals surface area contributed by atoms with E-state index in [9.17, 15) is 4.79 Å². The van der Waals surface area contributed by atoms with E-state index in [2.05, 4.69) is 26.1 Å². The third-order valence-electron chi connectivity index (χ3n) is 4.49. The summed E-state index contributed by atoms with van der Waals surface area (Å²) in [5.41, 5.74) is 4.85. The second kappa shape index (κ2) is 7.45. The number of hydrogen-bond donors (Lipinski definition) is 0. The van der Waals surface area contributed by atoms with Crippen LogP contribution in [0.5, 0.6) is 0 Å². The SMILES string of the molecule is Cc1nn(Cc2ccc(C(=O)N(C)Cc3ccnn3C)cc2)c(C)c1Br. The minimum absolute atomic E-state index is 0.00777. The average Bonchev–Trinajstić information content (AvgIpc) is 3.13. The van der Waals surface area contributed by atoms with Gasteiger partial charge in [0.1, 0.15) is 0 Å². The number of amides is 1. The maximum Gasteiger partial charge on any atom is 0.253 e. The highest BCUT2D eigenvalue weighted by atomic mass is 79.9. The summed E-state index contributed by atoms with van der Waals surface area (Å²) >= 11 is 3.55. The summed E-state index contributed by atoms with van der Waals surface area (Å²) in [7, 11) is 3.68. The van der Waals surface area contributed by atoms with E-state index in [1.165, 1.54) is 0 Å². The number of rotatable bonds is 5. The molecule has 1 amide bonds. The maximum absolute atomic E-state index is 12.6. The molecule has 0 bridgehead atoms. The molecule has 0 radical (unpaired) electrons. The van der Waals surface area contributed by atoms with Crippen molar-refractivity contribution in [2.24, 2.45) is 7.05 Å². The van der Waals surface area contributed by atoms with Crippen molar-refractivity contribution < 1.29 is 4.79 Å². The number of nitrogens with zero attached hydrogens (tertiary/aromatic N) is 5. The van der Waals surface area contributed by atoms with Gasteiger partial charge in [-0.1, -0.05) is 12.1 Å². The zero-order valence-electron chi connectivity index (χ0n) is 15.4. The highest BCUT2D eigenvalue weighted by molar-refractivity contribution is 9.10. The van der Waals surface area contributed by atoms with Crippen LogP contribution in [0.3, 0.4) is 0 Å². The highest BCUT2D eigenvalue weighted by Gasteiger charge is 2.14. The Bertz CT molecular complexity index is 926. The van der Waals surface area contributed by atoms with E-state index >= 15 is 0 Å². The molecule has 2 heterocycles. The fourth-order valence-corrected chi connectivity index (χ4v) is 3.13. The number of carbonyl (C=O) groups excluding carboxylic acids is 1. The van der Waals surface area contributed by atoms with Crippen LogP contribution in [0.1, 0.15) is 33.0 Å². The molecule has 0 saturated carbocycles. The number of carbonyl (C=O) groups is 1. The van der Waals surface area contributed by atoms with Gasteiger partial charge >= 0.3 is 0 Å². The van der Waals surface area contributed by atoms with E-state index in [0.717, 1.165) is 27.1 Å². The fourth-order valence-electron chi connectivity index (χ4n) is 2.85. The molecule has 0 aliphatic rings. The van der Waals surface area contributed by atoms with Crippen LogP contribution in [0.4, 0.5) is 0 Å². The van der Waals surface area contributed by atoms with Crippen molar-refractivity contribution in [3.05, 3.63) is 69.2 Å². The molecule has 136 valence electrons. The molecule has 0 spiro atoms. The van der Waals surface area contributed by atoms with Crippen molar-refractivity contribution in [2.75, 3.05) is 7.05 Å². The molecular formula is C19H22BrN5O. The Hall–Kier alpha value is -2.41. The van der Waals surface area contributed by atoms with E-state index < -0.39 is 0 Å². The van der Waals surface area contributed by atoms with Gasteiger partial charge in [-0.15, -0.1) is 0 Å². The third kappa shape index (κ3) is 3.72. The molecule has 0 unspecified atom stereocenters. The van der Waals surface area contributed by atoms with Crippen LogP contribution < -0.4 is 0 Å². The standard InChI is InChI=1S/C19H22BrN5O/c1-13-18(20)14(2)25(22-13)11-15-5-7-16(8-6-15)19(26)23(3)12-17-9-10-21-24(17)4/h5-10H,11-12H2,1-4H3. The molecule has 2 aromatic heterocycles. The van der Waals surface area contributed by atoms with Gasteiger partial charge in [0.2, 0.25) is 0 Å². The van der Waals surface area contributed by atoms with Gasteiger partial charge in [-0.25, -0.2) is 0 Å². The first kappa shape index (κ1) is 18.4. The normalized spacial score (nSPS) is 11.0. The Morgan fingerprint density at radius 3 is 2.42 bits per heavy atom. The van der Waals surface area contributed by atoms with E-state index in [1.807, 2.05) is 55.9 Å². The predicted octanol–water partition coefficient (Wildman–Crippen LogP) is 3.32. The zero-order valence-corrected chi connectivity index (χ0v) is 17.0. The third-order valence-corrected chi connectivity index (χ3v) is 5.64. The number of benzene rings is 1. The molecule has 26 heavy (non-hydrogen) atoms. The van der Waals surface area contributed by atoms with Gasteiger partial charge in [0.05, 0.1) is 34.6 Å². The summed E-state index contributed by atoms with van der Waals surface area (Å²) < 4.78 is 4.78. The summed E-state index contributed by atoms with van der Waals surface area (Å²) in [4.78, 5) is 14.3. The van der Waals surface area contributed by atoms with Crippen molar-refractivity contribution in [1.82, 2.24) is 24.5 Å². The summed E-state index contributed by atoms with van der Waals surface area (Å²) in [6, 6.07) is 9.63. The van der Waals surface area contributed by atoms with Gasteiger partial charge in [-0.3, -0.25) is 14.2 Å². The molecule has 0 saturated heterocycles. The van der Waals surface area contributed by atoms with Gasteiger partial charge in [0.25, 0.3) is 5.91 Å². The van der Waals surface area contributed by atoms with Gasteiger partial charge in [0, 0.05) is 25.9 Å². The van der Waals surface area contributed by atoms with Crippen molar-refractivity contribution in [3.8, 4) is 0 Å². The molecule has 7 heteroatoms. The minimum atomic E-state index is -0.00777. The molecule has 0 fully saturated rings. The Morgan fingerprint density at radius 1 is 1.19 bits per heavy atom. The lowest BCUT2D eigenvalue weighted by Gasteiger charge is -2.17. The van der Waals surface area contributed by atoms with E-state index in [0.29, 0.717) is 18.7 Å². The number of aryl methyl sites for hydroxylation is 2. The van der Waals surface area contributed by atoms with Gasteiger partial charge < -0.3 is 4.90 Å². The Balaban J connectivity index is 1.69. The summed E-state index contributed by atoms with van der Waals surface area (Å²) in [5.74, 6) is -0.00777. The largest absolute Gasteiger partial charge is 0.336 e. The van der Waals surface area contributed by atoms with Gasteiger partial charge in [-0.05, 0) is 53.5 Å². The van der Waals surface area contributed by atoms with E-state index in [4.69, 9.17) is 0 Å². The molecule has 0 aliphatic carbocycles. The first-order valence-electron chi connectivity index (χ1n) is 8.37. The van der Waals surface area contributed by atoms with Crippen LogP contribution >= 0.6 is 15.9 Å². The topological polar surface area (TPSA) is 56.0 Å². The van der Waals surface area contributed by atoms with E-state index in [1.54, 1.807) is 22.8 Å². The lowest BCUT2D eigenvalue weighted by atomic mass is 10.1. The van der Waals surface area contributed by atoms with Gasteiger partial charge in [0.15, 0.2) is 0 Å². The molecule has 3 rings (SSSR count). The van der Waals surface area contributed by atoms with Crippen molar-refractivity contribution in [2.45, 2.75) is 26.9 Å². The number of aromatic nitrogens is 4. The summed E-state index contributed by atoms with van der Waals surface area (Å²) in [6.07, 6.45) is 1.74. The number of hydrogen-bond acceptors (Lipinski definition) is 3. The minimum Gasteiger partial charge on any atom is -0.336 e. The summed E-state index contributed by atoms with van der Waals surface area (Å²) in [5, 5.41) is 8.66. The Labute approximate surface area is 161 Å². The Kier molecular flexibility index (Phi) is 5.27. The highest BCUT2D eigenvalue weighted by Crippen LogP contribution is 2.20. The first-order valence-corrected chi connectivity index (χ1v) is 9.17. The van der Waals surface area contributed by atoms with Crippen LogP contribution in [0.15, 0.2) is 41.0 Å². The first-order chi connectivity index (χ1) is 12.4. The monoisotopic (exact) mass is 415 g/mol. The van der Waals surface area contributed by atoms with Crippen LogP contribution in [-0.2, 0) is 20.1 Å². The number of halogens is 1. The summed E-state index contributed by atoms with van der Waals surface area (Å²) in [6.45, 7) is 5.22. The average molecular weight is 416 g/mol. The van der Waals surface area contributed by atoms with Crippen molar-refractivity contribution in [1.29, 1.82) is 0 Å². The molecule has 0 N–H and O–H groups in total. The van der Waals surface area contributed by atoms with Crippen molar-refractivity contribution >= 4 is 21.8 Å². The molecule has 0 aliphatic heterocycles. The van der Waals surface area contributed by atoms with Crippen LogP contribution in [0, 0.1) is 13.8 Å². The lowest BCUT2D eigenvalue weighted by Crippen LogP contribution is -2.27. The zero-order chi connectivity index (χ0) is 18.8. The van der Waals surface area contributed by atoms with Crippen LogP contribution in [-0.4, -0.2) is 37.4 Å². The molecule has 1 aromatic carbocycles. The lowest BCUT2D eigenvalue weighted by molar-refractivity contribution is 0.0782. The molecule has 0 atom stereocenters. The maximum atomic E-state index is 12.6. The molecule has 6 nitrogen and oxygen atoms in total. The van der Waals surface area contributed by atoms with Crippen LogP contribution in [0.25, 0.3) is 0 Å². The smallest absolute Gasteiger partial charge is 0.253 e. The Morgan fingerprint density at radius 2 is 1.88 bits per heavy atom. The van der Waals surface area contributed by atoms with E-state index in [-0.39, 0.29) is 5.91 Å². The van der Waals surface area contributed by atoms with Crippen LogP contribution in [0.2, 0.25) is 0 Å². The second-order valence-electron chi connectivity index (χ2n) is 6.45.